The molecule has 5 heteroatoms. The van der Waals surface area contributed by atoms with Crippen molar-refractivity contribution in [3.05, 3.63) is 0 Å². The van der Waals surface area contributed by atoms with Gasteiger partial charge in [-0.3, -0.25) is 14.4 Å². The molecule has 3 atom stereocenters. The lowest BCUT2D eigenvalue weighted by molar-refractivity contribution is -0.155. The first-order valence-corrected chi connectivity index (χ1v) is 7.74. The molecule has 1 aliphatic rings. The number of hydrogen-bond donors (Lipinski definition) is 0. The lowest BCUT2D eigenvalue weighted by Gasteiger charge is -2.18. The normalized spacial score (nSPS) is 26.8. The van der Waals surface area contributed by atoms with Crippen molar-refractivity contribution in [1.82, 2.24) is 0 Å². The number of unbranched alkanes of at least 4 members (excludes halogenated alkanes) is 3. The van der Waals surface area contributed by atoms with Crippen LogP contribution < -0.4 is 0 Å². The minimum Gasteiger partial charge on any atom is -0.445 e. The Bertz CT molecular complexity index is 399. The molecule has 0 aromatic carbocycles. The van der Waals surface area contributed by atoms with Crippen LogP contribution in [0.1, 0.15) is 59.3 Å². The lowest BCUT2D eigenvalue weighted by atomic mass is 9.79. The van der Waals surface area contributed by atoms with E-state index in [1.807, 2.05) is 0 Å². The quantitative estimate of drug-likeness (QED) is 0.371. The topological polar surface area (TPSA) is 69.7 Å². The van der Waals surface area contributed by atoms with E-state index >= 15 is 0 Å². The van der Waals surface area contributed by atoms with Crippen LogP contribution in [0.25, 0.3) is 0 Å². The van der Waals surface area contributed by atoms with E-state index in [9.17, 15) is 14.4 Å². The Morgan fingerprint density at radius 1 is 1.29 bits per heavy atom. The summed E-state index contributed by atoms with van der Waals surface area (Å²) >= 11 is 0. The molecular weight excluding hydrogens is 272 g/mol. The Kier molecular flexibility index (Phi) is 6.52. The van der Waals surface area contributed by atoms with Crippen LogP contribution in [0, 0.1) is 5.41 Å². The van der Waals surface area contributed by atoms with Crippen molar-refractivity contribution >= 4 is 17.5 Å². The fraction of sp³-hybridized carbons (Fsp3) is 0.812. The van der Waals surface area contributed by atoms with Crippen LogP contribution in [0.2, 0.25) is 0 Å². The largest absolute Gasteiger partial charge is 0.445 e. The van der Waals surface area contributed by atoms with Gasteiger partial charge in [0, 0.05) is 7.11 Å². The smallest absolute Gasteiger partial charge is 0.320 e. The Hall–Kier alpha value is -1.23. The SMILES string of the molecule is CCCCCCC1(C)C(=O)OC(C(=O)C(CC)OC)C1=O. The lowest BCUT2D eigenvalue weighted by Crippen LogP contribution is -2.40. The number of esters is 1. The number of cyclic esters (lactones) is 1. The van der Waals surface area contributed by atoms with E-state index in [1.165, 1.54) is 7.11 Å². The average Bonchev–Trinajstić information content (AvgIpc) is 2.69. The summed E-state index contributed by atoms with van der Waals surface area (Å²) < 4.78 is 10.1. The zero-order valence-corrected chi connectivity index (χ0v) is 13.4. The molecule has 5 nitrogen and oxygen atoms in total. The molecular formula is C16H26O5. The first-order valence-electron chi connectivity index (χ1n) is 7.74. The second-order valence-electron chi connectivity index (χ2n) is 5.83. The van der Waals surface area contributed by atoms with Gasteiger partial charge in [0.1, 0.15) is 11.5 Å². The van der Waals surface area contributed by atoms with Gasteiger partial charge in [-0.1, -0.05) is 39.5 Å². The molecule has 1 saturated heterocycles. The summed E-state index contributed by atoms with van der Waals surface area (Å²) in [7, 11) is 1.41. The molecule has 0 radical (unpaired) electrons. The van der Waals surface area contributed by atoms with Crippen molar-refractivity contribution in [3.8, 4) is 0 Å². The van der Waals surface area contributed by atoms with E-state index in [4.69, 9.17) is 9.47 Å². The fourth-order valence-corrected chi connectivity index (χ4v) is 2.65. The van der Waals surface area contributed by atoms with Crippen molar-refractivity contribution in [2.75, 3.05) is 7.11 Å². The van der Waals surface area contributed by atoms with Crippen LogP contribution in [0.15, 0.2) is 0 Å². The monoisotopic (exact) mass is 298 g/mol. The number of Topliss-reactive ketones (excluding diaryl/α,β-unsaturated/α-hetero) is 2. The summed E-state index contributed by atoms with van der Waals surface area (Å²) in [5, 5.41) is 0. The van der Waals surface area contributed by atoms with Crippen LogP contribution >= 0.6 is 0 Å². The molecule has 0 saturated carbocycles. The Morgan fingerprint density at radius 3 is 2.48 bits per heavy atom. The molecule has 1 rings (SSSR count). The minimum absolute atomic E-state index is 0.413. The third-order valence-electron chi connectivity index (χ3n) is 4.22. The van der Waals surface area contributed by atoms with Gasteiger partial charge in [-0.15, -0.1) is 0 Å². The highest BCUT2D eigenvalue weighted by molar-refractivity contribution is 6.20. The highest BCUT2D eigenvalue weighted by Gasteiger charge is 2.56. The van der Waals surface area contributed by atoms with Gasteiger partial charge in [-0.05, 0) is 19.8 Å². The van der Waals surface area contributed by atoms with E-state index in [2.05, 4.69) is 6.92 Å². The standard InChI is InChI=1S/C16H26O5/c1-5-7-8-9-10-16(3)14(18)13(21-15(16)19)12(17)11(6-2)20-4/h11,13H,5-10H2,1-4H3. The average molecular weight is 298 g/mol. The van der Waals surface area contributed by atoms with E-state index in [0.29, 0.717) is 12.8 Å². The third-order valence-corrected chi connectivity index (χ3v) is 4.22. The second kappa shape index (κ2) is 7.69. The van der Waals surface area contributed by atoms with Gasteiger partial charge in [0.15, 0.2) is 5.78 Å². The molecule has 0 aromatic rings. The molecule has 0 spiro atoms. The van der Waals surface area contributed by atoms with Gasteiger partial charge in [0.2, 0.25) is 11.9 Å². The molecule has 0 N–H and O–H groups in total. The van der Waals surface area contributed by atoms with Crippen LogP contribution in [0.5, 0.6) is 0 Å². The Morgan fingerprint density at radius 2 is 1.95 bits per heavy atom. The first-order chi connectivity index (χ1) is 9.92. The summed E-state index contributed by atoms with van der Waals surface area (Å²) in [6.07, 6.45) is 2.81. The summed E-state index contributed by atoms with van der Waals surface area (Å²) in [4.78, 5) is 36.7. The molecule has 21 heavy (non-hydrogen) atoms. The molecule has 0 aliphatic carbocycles. The number of rotatable bonds is 9. The maximum absolute atomic E-state index is 12.5. The molecule has 0 aromatic heterocycles. The molecule has 1 aliphatic heterocycles. The van der Waals surface area contributed by atoms with Gasteiger partial charge in [-0.2, -0.15) is 0 Å². The highest BCUT2D eigenvalue weighted by atomic mass is 16.6. The summed E-state index contributed by atoms with van der Waals surface area (Å²) in [6.45, 7) is 5.48. The van der Waals surface area contributed by atoms with Gasteiger partial charge < -0.3 is 9.47 Å². The van der Waals surface area contributed by atoms with Gasteiger partial charge >= 0.3 is 5.97 Å². The van der Waals surface area contributed by atoms with Crippen LogP contribution in [-0.2, 0) is 23.9 Å². The number of carbonyl (C=O) groups excluding carboxylic acids is 3. The van der Waals surface area contributed by atoms with Gasteiger partial charge in [-0.25, -0.2) is 0 Å². The third kappa shape index (κ3) is 3.70. The molecule has 0 bridgehead atoms. The van der Waals surface area contributed by atoms with Gasteiger partial charge in [0.25, 0.3) is 0 Å². The number of ketones is 2. The van der Waals surface area contributed by atoms with E-state index < -0.39 is 35.2 Å². The molecule has 120 valence electrons. The highest BCUT2D eigenvalue weighted by Crippen LogP contribution is 2.36. The van der Waals surface area contributed by atoms with Crippen LogP contribution in [0.4, 0.5) is 0 Å². The minimum atomic E-state index is -1.29. The van der Waals surface area contributed by atoms with E-state index in [0.717, 1.165) is 25.7 Å². The Balaban J connectivity index is 2.75. The summed E-state index contributed by atoms with van der Waals surface area (Å²) in [5.74, 6) is -1.44. The van der Waals surface area contributed by atoms with E-state index in [1.54, 1.807) is 13.8 Å². The molecule has 3 unspecified atom stereocenters. The summed E-state index contributed by atoms with van der Waals surface area (Å²) in [5.41, 5.74) is -1.18. The Labute approximate surface area is 126 Å². The van der Waals surface area contributed by atoms with Gasteiger partial charge in [0.05, 0.1) is 0 Å². The van der Waals surface area contributed by atoms with Crippen molar-refractivity contribution in [2.24, 2.45) is 5.41 Å². The zero-order chi connectivity index (χ0) is 16.0. The van der Waals surface area contributed by atoms with Crippen LogP contribution in [-0.4, -0.2) is 36.9 Å². The van der Waals surface area contributed by atoms with Crippen molar-refractivity contribution in [3.63, 3.8) is 0 Å². The zero-order valence-electron chi connectivity index (χ0n) is 13.4. The number of hydrogen-bond acceptors (Lipinski definition) is 5. The van der Waals surface area contributed by atoms with E-state index in [-0.39, 0.29) is 0 Å². The molecule has 1 heterocycles. The van der Waals surface area contributed by atoms with Crippen molar-refractivity contribution in [2.45, 2.75) is 71.5 Å². The van der Waals surface area contributed by atoms with Crippen LogP contribution in [0.3, 0.4) is 0 Å². The first kappa shape index (κ1) is 17.8. The second-order valence-corrected chi connectivity index (χ2v) is 5.83. The number of carbonyl (C=O) groups is 3. The predicted octanol–water partition coefficient (Wildman–Crippen LogP) is 2.45. The molecule has 1 fully saturated rings. The number of methoxy groups -OCH3 is 1. The number of ether oxygens (including phenoxy) is 2. The summed E-state index contributed by atoms with van der Waals surface area (Å²) in [6, 6.07) is 0. The predicted molar refractivity (Wildman–Crippen MR) is 77.8 cm³/mol. The molecule has 0 amide bonds. The van der Waals surface area contributed by atoms with Crippen molar-refractivity contribution < 1.29 is 23.9 Å². The maximum Gasteiger partial charge on any atom is 0.320 e. The fourth-order valence-electron chi connectivity index (χ4n) is 2.65. The van der Waals surface area contributed by atoms with Crippen molar-refractivity contribution in [1.29, 1.82) is 0 Å². The maximum atomic E-state index is 12.5.